The van der Waals surface area contributed by atoms with Crippen LogP contribution >= 0.6 is 0 Å². The Morgan fingerprint density at radius 3 is 2.92 bits per heavy atom. The van der Waals surface area contributed by atoms with Crippen molar-refractivity contribution in [1.29, 1.82) is 0 Å². The summed E-state index contributed by atoms with van der Waals surface area (Å²) in [5.74, 6) is 0.434. The van der Waals surface area contributed by atoms with Gasteiger partial charge in [0.1, 0.15) is 5.82 Å². The van der Waals surface area contributed by atoms with E-state index in [1.54, 1.807) is 11.6 Å². The van der Waals surface area contributed by atoms with Crippen molar-refractivity contribution in [2.75, 3.05) is 7.11 Å². The minimum atomic E-state index is -0.259. The van der Waals surface area contributed by atoms with Crippen molar-refractivity contribution in [2.45, 2.75) is 19.9 Å². The van der Waals surface area contributed by atoms with Crippen LogP contribution in [0.3, 0.4) is 0 Å². The summed E-state index contributed by atoms with van der Waals surface area (Å²) < 4.78 is 6.02. The number of carbonyl (C=O) groups is 1. The van der Waals surface area contributed by atoms with Crippen molar-refractivity contribution in [1.82, 2.24) is 20.2 Å². The van der Waals surface area contributed by atoms with Gasteiger partial charge in [-0.2, -0.15) is 0 Å². The predicted octanol–water partition coefficient (Wildman–Crippen LogP) is -0.455. The van der Waals surface area contributed by atoms with Gasteiger partial charge in [-0.05, 0) is 17.4 Å². The number of hydrogen-bond acceptors (Lipinski definition) is 5. The van der Waals surface area contributed by atoms with Crippen molar-refractivity contribution in [3.63, 3.8) is 0 Å². The molecule has 0 aliphatic carbocycles. The van der Waals surface area contributed by atoms with E-state index in [2.05, 4.69) is 20.3 Å². The molecule has 0 radical (unpaired) electrons. The van der Waals surface area contributed by atoms with Crippen LogP contribution in [-0.2, 0) is 16.1 Å². The molecule has 1 rings (SSSR count). The highest BCUT2D eigenvalue weighted by atomic mass is 16.5. The first-order valence-corrected chi connectivity index (χ1v) is 3.53. The van der Waals surface area contributed by atoms with E-state index in [0.29, 0.717) is 18.8 Å². The molecule has 0 aromatic carbocycles. The summed E-state index contributed by atoms with van der Waals surface area (Å²) in [7, 11) is 1.36. The maximum atomic E-state index is 10.7. The average molecular weight is 170 g/mol. The molecule has 0 amide bonds. The number of methoxy groups -OCH3 is 1. The quantitative estimate of drug-likeness (QED) is 0.574. The lowest BCUT2D eigenvalue weighted by Gasteiger charge is -1.99. The second-order valence-electron chi connectivity index (χ2n) is 2.28. The normalized spacial score (nSPS) is 9.83. The van der Waals surface area contributed by atoms with E-state index in [1.807, 2.05) is 0 Å². The Balaban J connectivity index is 2.43. The molecule has 0 spiro atoms. The van der Waals surface area contributed by atoms with E-state index in [1.165, 1.54) is 7.11 Å². The molecular weight excluding hydrogens is 160 g/mol. The Labute approximate surface area is 69.5 Å². The van der Waals surface area contributed by atoms with Crippen molar-refractivity contribution in [3.8, 4) is 0 Å². The molecule has 1 heterocycles. The Morgan fingerprint density at radius 1 is 1.67 bits per heavy atom. The minimum absolute atomic E-state index is 0.259. The van der Waals surface area contributed by atoms with Crippen LogP contribution in [0, 0.1) is 6.92 Å². The molecule has 0 bridgehead atoms. The second kappa shape index (κ2) is 3.80. The van der Waals surface area contributed by atoms with E-state index in [9.17, 15) is 4.79 Å². The summed E-state index contributed by atoms with van der Waals surface area (Å²) in [5.41, 5.74) is 0. The smallest absolute Gasteiger partial charge is 0.307 e. The molecular formula is C6H10N4O2. The lowest BCUT2D eigenvalue weighted by Crippen LogP contribution is -2.09. The summed E-state index contributed by atoms with van der Waals surface area (Å²) in [4.78, 5) is 10.7. The maximum absolute atomic E-state index is 10.7. The number of rotatable bonds is 3. The molecule has 1 aromatic heterocycles. The van der Waals surface area contributed by atoms with Crippen LogP contribution in [0.25, 0.3) is 0 Å². The molecule has 6 nitrogen and oxygen atoms in total. The van der Waals surface area contributed by atoms with Gasteiger partial charge in [0.15, 0.2) is 0 Å². The third kappa shape index (κ3) is 2.01. The fourth-order valence-corrected chi connectivity index (χ4v) is 0.755. The number of ether oxygens (including phenoxy) is 1. The van der Waals surface area contributed by atoms with Crippen LogP contribution in [0.15, 0.2) is 0 Å². The van der Waals surface area contributed by atoms with Gasteiger partial charge in [0.25, 0.3) is 0 Å². The summed E-state index contributed by atoms with van der Waals surface area (Å²) in [6.07, 6.45) is 0.294. The summed E-state index contributed by atoms with van der Waals surface area (Å²) in [5, 5.41) is 10.8. The number of tetrazole rings is 1. The van der Waals surface area contributed by atoms with Gasteiger partial charge in [0.05, 0.1) is 20.1 Å². The van der Waals surface area contributed by atoms with Crippen molar-refractivity contribution < 1.29 is 9.53 Å². The highest BCUT2D eigenvalue weighted by Gasteiger charge is 2.03. The summed E-state index contributed by atoms with van der Waals surface area (Å²) in [6.45, 7) is 2.24. The molecule has 0 saturated carbocycles. The summed E-state index contributed by atoms with van der Waals surface area (Å²) >= 11 is 0. The van der Waals surface area contributed by atoms with Crippen LogP contribution in [0.2, 0.25) is 0 Å². The lowest BCUT2D eigenvalue weighted by atomic mass is 10.4. The second-order valence-corrected chi connectivity index (χ2v) is 2.28. The first-order valence-electron chi connectivity index (χ1n) is 3.53. The van der Waals surface area contributed by atoms with Crippen molar-refractivity contribution in [2.24, 2.45) is 0 Å². The van der Waals surface area contributed by atoms with Gasteiger partial charge >= 0.3 is 5.97 Å². The molecule has 0 N–H and O–H groups in total. The Hall–Kier alpha value is -1.46. The van der Waals surface area contributed by atoms with E-state index < -0.39 is 0 Å². The van der Waals surface area contributed by atoms with Crippen molar-refractivity contribution in [3.05, 3.63) is 5.82 Å². The minimum Gasteiger partial charge on any atom is -0.469 e. The number of aromatic nitrogens is 4. The fourth-order valence-electron chi connectivity index (χ4n) is 0.755. The zero-order valence-corrected chi connectivity index (χ0v) is 7.02. The van der Waals surface area contributed by atoms with Crippen LogP contribution in [0.5, 0.6) is 0 Å². The topological polar surface area (TPSA) is 69.9 Å². The average Bonchev–Trinajstić information content (AvgIpc) is 2.47. The highest BCUT2D eigenvalue weighted by molar-refractivity contribution is 5.68. The van der Waals surface area contributed by atoms with Crippen LogP contribution in [0.1, 0.15) is 12.2 Å². The first kappa shape index (κ1) is 8.63. The van der Waals surface area contributed by atoms with E-state index in [4.69, 9.17) is 0 Å². The number of carbonyl (C=O) groups excluding carboxylic acids is 1. The Morgan fingerprint density at radius 2 is 2.42 bits per heavy atom. The molecule has 1 aromatic rings. The standard InChI is InChI=1S/C6H10N4O2/c1-5-7-8-9-10(5)4-3-6(11)12-2/h3-4H2,1-2H3. The maximum Gasteiger partial charge on any atom is 0.307 e. The molecule has 0 atom stereocenters. The number of aryl methyl sites for hydroxylation is 2. The van der Waals surface area contributed by atoms with E-state index in [-0.39, 0.29) is 5.97 Å². The number of esters is 1. The lowest BCUT2D eigenvalue weighted by molar-refractivity contribution is -0.140. The van der Waals surface area contributed by atoms with Gasteiger partial charge in [-0.15, -0.1) is 5.10 Å². The third-order valence-electron chi connectivity index (χ3n) is 1.47. The van der Waals surface area contributed by atoms with Gasteiger partial charge in [-0.25, -0.2) is 4.68 Å². The van der Waals surface area contributed by atoms with Crippen molar-refractivity contribution >= 4 is 5.97 Å². The van der Waals surface area contributed by atoms with E-state index >= 15 is 0 Å². The Bertz CT molecular complexity index is 270. The highest BCUT2D eigenvalue weighted by Crippen LogP contribution is 1.92. The first-order chi connectivity index (χ1) is 5.74. The number of nitrogens with zero attached hydrogens (tertiary/aromatic N) is 4. The van der Waals surface area contributed by atoms with Crippen LogP contribution in [0.4, 0.5) is 0 Å². The molecule has 0 aliphatic heterocycles. The molecule has 0 fully saturated rings. The van der Waals surface area contributed by atoms with Crippen LogP contribution in [-0.4, -0.2) is 33.3 Å². The van der Waals surface area contributed by atoms with Gasteiger partial charge in [0, 0.05) is 0 Å². The molecule has 0 unspecified atom stereocenters. The van der Waals surface area contributed by atoms with E-state index in [0.717, 1.165) is 0 Å². The monoisotopic (exact) mass is 170 g/mol. The Kier molecular flexibility index (Phi) is 2.73. The largest absolute Gasteiger partial charge is 0.469 e. The predicted molar refractivity (Wildman–Crippen MR) is 39.2 cm³/mol. The molecule has 6 heteroatoms. The van der Waals surface area contributed by atoms with Gasteiger partial charge in [-0.1, -0.05) is 0 Å². The molecule has 0 saturated heterocycles. The molecule has 0 aliphatic rings. The zero-order valence-electron chi connectivity index (χ0n) is 7.02. The SMILES string of the molecule is COC(=O)CCn1nnnc1C. The van der Waals surface area contributed by atoms with Gasteiger partial charge in [0.2, 0.25) is 0 Å². The molecule has 66 valence electrons. The van der Waals surface area contributed by atoms with Gasteiger partial charge < -0.3 is 4.74 Å². The van der Waals surface area contributed by atoms with Gasteiger partial charge in [-0.3, -0.25) is 4.79 Å². The van der Waals surface area contributed by atoms with Crippen LogP contribution < -0.4 is 0 Å². The third-order valence-corrected chi connectivity index (χ3v) is 1.47. The summed E-state index contributed by atoms with van der Waals surface area (Å²) in [6, 6.07) is 0. The zero-order chi connectivity index (χ0) is 8.97. The number of hydrogen-bond donors (Lipinski definition) is 0. The molecule has 12 heavy (non-hydrogen) atoms. The fraction of sp³-hybridized carbons (Fsp3) is 0.667.